The Balaban J connectivity index is 1.38. The van der Waals surface area contributed by atoms with E-state index in [0.717, 1.165) is 5.56 Å². The summed E-state index contributed by atoms with van der Waals surface area (Å²) in [4.78, 5) is 26.1. The van der Waals surface area contributed by atoms with Crippen LogP contribution in [0.4, 0.5) is 23.2 Å². The van der Waals surface area contributed by atoms with Crippen molar-refractivity contribution in [2.24, 2.45) is 0 Å². The smallest absolute Gasteiger partial charge is 0.389 e. The van der Waals surface area contributed by atoms with E-state index < -0.39 is 30.5 Å². The first-order valence-corrected chi connectivity index (χ1v) is 13.5. The molecule has 0 aromatic heterocycles. The molecule has 4 rings (SSSR count). The number of halogens is 4. The second-order valence-electron chi connectivity index (χ2n) is 9.80. The van der Waals surface area contributed by atoms with E-state index in [1.807, 2.05) is 30.3 Å². The maximum atomic E-state index is 13.2. The lowest BCUT2D eigenvalue weighted by molar-refractivity contribution is -0.134. The van der Waals surface area contributed by atoms with Crippen LogP contribution >= 0.6 is 0 Å². The minimum Gasteiger partial charge on any atom is -0.457 e. The Morgan fingerprint density at radius 3 is 2.07 bits per heavy atom. The summed E-state index contributed by atoms with van der Waals surface area (Å²) in [6, 6.07) is 26.7. The van der Waals surface area contributed by atoms with E-state index in [9.17, 15) is 27.2 Å². The largest absolute Gasteiger partial charge is 0.457 e. The van der Waals surface area contributed by atoms with Crippen molar-refractivity contribution in [1.29, 1.82) is 0 Å². The number of carbonyl (C=O) groups excluding carboxylic acids is 2. The van der Waals surface area contributed by atoms with Crippen molar-refractivity contribution in [2.75, 3.05) is 11.9 Å². The monoisotopic (exact) mass is 594 g/mol. The number of rotatable bonds is 13. The SMILES string of the molecule is O=C(Cc1cccc(CCC(F)(F)F)c1)N[C@@H](COCc1ccccc1)C(=O)Nc1ccc(Oc2ccc(F)cc2)cc1. The molecule has 2 N–H and O–H groups in total. The first-order chi connectivity index (χ1) is 20.6. The molecular weight excluding hydrogens is 564 g/mol. The molecule has 10 heteroatoms. The molecule has 0 heterocycles. The van der Waals surface area contributed by atoms with Crippen LogP contribution in [0.25, 0.3) is 0 Å². The fourth-order valence-electron chi connectivity index (χ4n) is 4.14. The van der Waals surface area contributed by atoms with E-state index in [1.54, 1.807) is 48.5 Å². The Labute approximate surface area is 246 Å². The van der Waals surface area contributed by atoms with E-state index in [0.29, 0.717) is 28.3 Å². The molecule has 0 fully saturated rings. The third-order valence-electron chi connectivity index (χ3n) is 6.27. The standard InChI is InChI=1S/C33H30F4N2O4/c34-26-9-13-28(14-10-26)43-29-15-11-27(12-16-29)38-32(41)30(22-42-21-24-5-2-1-3-6-24)39-31(40)20-25-8-4-7-23(19-25)17-18-33(35,36)37/h1-16,19,30H,17-18,20-22H2,(H,38,41)(H,39,40)/t30-/m0/s1. The van der Waals surface area contributed by atoms with E-state index in [2.05, 4.69) is 10.6 Å². The van der Waals surface area contributed by atoms with Gasteiger partial charge in [-0.1, -0.05) is 54.6 Å². The van der Waals surface area contributed by atoms with E-state index in [-0.39, 0.29) is 31.9 Å². The molecule has 1 atom stereocenters. The lowest BCUT2D eigenvalue weighted by atomic mass is 10.0. The van der Waals surface area contributed by atoms with Crippen molar-refractivity contribution in [2.45, 2.75) is 38.1 Å². The van der Waals surface area contributed by atoms with Gasteiger partial charge in [0.1, 0.15) is 23.4 Å². The van der Waals surface area contributed by atoms with Gasteiger partial charge in [0.2, 0.25) is 11.8 Å². The summed E-state index contributed by atoms with van der Waals surface area (Å²) < 4.78 is 62.4. The van der Waals surface area contributed by atoms with Gasteiger partial charge in [-0.2, -0.15) is 13.2 Å². The number of benzene rings is 4. The molecule has 0 saturated carbocycles. The Kier molecular flexibility index (Phi) is 10.9. The van der Waals surface area contributed by atoms with Crippen LogP contribution in [0.15, 0.2) is 103 Å². The Morgan fingerprint density at radius 1 is 0.767 bits per heavy atom. The highest BCUT2D eigenvalue weighted by Gasteiger charge is 2.26. The van der Waals surface area contributed by atoms with Gasteiger partial charge in [0, 0.05) is 12.1 Å². The van der Waals surface area contributed by atoms with Crippen molar-refractivity contribution < 1.29 is 36.6 Å². The molecule has 0 saturated heterocycles. The molecule has 0 aliphatic carbocycles. The van der Waals surface area contributed by atoms with Gasteiger partial charge >= 0.3 is 6.18 Å². The average molecular weight is 595 g/mol. The topological polar surface area (TPSA) is 76.7 Å². The first kappa shape index (κ1) is 31.2. The van der Waals surface area contributed by atoms with E-state index in [4.69, 9.17) is 9.47 Å². The molecule has 0 unspecified atom stereocenters. The minimum atomic E-state index is -4.27. The predicted molar refractivity (Wildman–Crippen MR) is 154 cm³/mol. The number of hydrogen-bond donors (Lipinski definition) is 2. The third-order valence-corrected chi connectivity index (χ3v) is 6.27. The van der Waals surface area contributed by atoms with Crippen LogP contribution < -0.4 is 15.4 Å². The molecule has 224 valence electrons. The number of hydrogen-bond acceptors (Lipinski definition) is 4. The number of carbonyl (C=O) groups is 2. The molecular formula is C33H30F4N2O4. The fraction of sp³-hybridized carbons (Fsp3) is 0.212. The molecule has 0 bridgehead atoms. The van der Waals surface area contributed by atoms with Crippen molar-refractivity contribution in [3.05, 3.63) is 126 Å². The molecule has 4 aromatic carbocycles. The van der Waals surface area contributed by atoms with Crippen molar-refractivity contribution in [3.8, 4) is 11.5 Å². The quantitative estimate of drug-likeness (QED) is 0.164. The second-order valence-corrected chi connectivity index (χ2v) is 9.80. The van der Waals surface area contributed by atoms with Crippen molar-refractivity contribution in [3.63, 3.8) is 0 Å². The van der Waals surface area contributed by atoms with Gasteiger partial charge in [-0.3, -0.25) is 9.59 Å². The van der Waals surface area contributed by atoms with Gasteiger partial charge in [-0.25, -0.2) is 4.39 Å². The van der Waals surface area contributed by atoms with Crippen LogP contribution in [0.3, 0.4) is 0 Å². The molecule has 0 radical (unpaired) electrons. The molecule has 6 nitrogen and oxygen atoms in total. The molecule has 4 aromatic rings. The highest BCUT2D eigenvalue weighted by molar-refractivity contribution is 5.97. The van der Waals surface area contributed by atoms with Crippen LogP contribution in [-0.4, -0.2) is 30.6 Å². The van der Waals surface area contributed by atoms with Crippen LogP contribution in [0, 0.1) is 5.82 Å². The van der Waals surface area contributed by atoms with Crippen LogP contribution in [0.1, 0.15) is 23.1 Å². The third kappa shape index (κ3) is 10.9. The molecule has 0 aliphatic heterocycles. The molecule has 0 spiro atoms. The van der Waals surface area contributed by atoms with Crippen LogP contribution in [0.2, 0.25) is 0 Å². The summed E-state index contributed by atoms with van der Waals surface area (Å²) in [5.74, 6) is -0.471. The molecule has 2 amide bonds. The fourth-order valence-corrected chi connectivity index (χ4v) is 4.14. The summed E-state index contributed by atoms with van der Waals surface area (Å²) in [5.41, 5.74) is 2.32. The number of amides is 2. The van der Waals surface area contributed by atoms with Gasteiger partial charge in [0.05, 0.1) is 19.6 Å². The normalized spacial score (nSPS) is 11.9. The minimum absolute atomic E-state index is 0.121. The van der Waals surface area contributed by atoms with E-state index >= 15 is 0 Å². The van der Waals surface area contributed by atoms with Gasteiger partial charge in [-0.05, 0) is 71.6 Å². The number of aryl methyl sites for hydroxylation is 1. The Morgan fingerprint density at radius 2 is 1.40 bits per heavy atom. The second kappa shape index (κ2) is 15.0. The lowest BCUT2D eigenvalue weighted by Crippen LogP contribution is -2.47. The zero-order valence-corrected chi connectivity index (χ0v) is 23.1. The lowest BCUT2D eigenvalue weighted by Gasteiger charge is -2.19. The van der Waals surface area contributed by atoms with Crippen LogP contribution in [0.5, 0.6) is 11.5 Å². The number of nitrogens with one attached hydrogen (secondary N) is 2. The highest BCUT2D eigenvalue weighted by atomic mass is 19.4. The Bertz CT molecular complexity index is 1480. The van der Waals surface area contributed by atoms with E-state index in [1.165, 1.54) is 24.3 Å². The van der Waals surface area contributed by atoms with Gasteiger partial charge in [0.25, 0.3) is 0 Å². The number of anilines is 1. The zero-order chi connectivity index (χ0) is 30.7. The number of ether oxygens (including phenoxy) is 2. The molecule has 43 heavy (non-hydrogen) atoms. The average Bonchev–Trinajstić information content (AvgIpc) is 2.98. The van der Waals surface area contributed by atoms with Crippen LogP contribution in [-0.2, 0) is 33.8 Å². The molecule has 0 aliphatic rings. The Hall–Kier alpha value is -4.70. The summed E-state index contributed by atoms with van der Waals surface area (Å²) >= 11 is 0. The van der Waals surface area contributed by atoms with Gasteiger partial charge in [0.15, 0.2) is 0 Å². The predicted octanol–water partition coefficient (Wildman–Crippen LogP) is 7.00. The van der Waals surface area contributed by atoms with Gasteiger partial charge < -0.3 is 20.1 Å². The maximum Gasteiger partial charge on any atom is 0.389 e. The summed E-state index contributed by atoms with van der Waals surface area (Å²) in [6.07, 6.45) is -5.55. The zero-order valence-electron chi connectivity index (χ0n) is 23.1. The summed E-state index contributed by atoms with van der Waals surface area (Å²) in [6.45, 7) is 0.0982. The summed E-state index contributed by atoms with van der Waals surface area (Å²) in [5, 5.41) is 5.44. The first-order valence-electron chi connectivity index (χ1n) is 13.5. The van der Waals surface area contributed by atoms with Crippen molar-refractivity contribution in [1.82, 2.24) is 5.32 Å². The van der Waals surface area contributed by atoms with Gasteiger partial charge in [-0.15, -0.1) is 0 Å². The van der Waals surface area contributed by atoms with Crippen molar-refractivity contribution >= 4 is 17.5 Å². The highest BCUT2D eigenvalue weighted by Crippen LogP contribution is 2.24. The number of alkyl halides is 3. The maximum absolute atomic E-state index is 13.2. The summed E-state index contributed by atoms with van der Waals surface area (Å²) in [7, 11) is 0.